The number of carbonyl (C=O) groups is 1. The third kappa shape index (κ3) is 4.16. The topological polar surface area (TPSA) is 71.2 Å². The molecule has 0 spiro atoms. The molecule has 0 saturated carbocycles. The standard InChI is InChI=1S/C23H24N4O3S/c1-15-22(18-7-5-6-8-19(18)26(15)2)20(28)14-31-23-25-24-21(27(23)3)13-30-17-11-9-16(29-4)10-12-17/h5-12H,13-14H2,1-4H3. The third-order valence-corrected chi connectivity index (χ3v) is 6.38. The van der Waals surface area contributed by atoms with E-state index in [1.807, 2.05) is 74.1 Å². The lowest BCUT2D eigenvalue weighted by Gasteiger charge is -2.07. The number of hydrogen-bond donors (Lipinski definition) is 0. The quantitative estimate of drug-likeness (QED) is 0.305. The molecule has 2 heterocycles. The first kappa shape index (κ1) is 21.0. The average Bonchev–Trinajstić information content (AvgIpc) is 3.27. The van der Waals surface area contributed by atoms with E-state index in [4.69, 9.17) is 9.47 Å². The Bertz CT molecular complexity index is 1230. The number of methoxy groups -OCH3 is 1. The fourth-order valence-electron chi connectivity index (χ4n) is 3.49. The van der Waals surface area contributed by atoms with E-state index in [1.54, 1.807) is 7.11 Å². The number of carbonyl (C=O) groups excluding carboxylic acids is 1. The van der Waals surface area contributed by atoms with E-state index in [0.29, 0.717) is 16.7 Å². The van der Waals surface area contributed by atoms with Gasteiger partial charge in [-0.1, -0.05) is 30.0 Å². The molecule has 4 rings (SSSR count). The van der Waals surface area contributed by atoms with E-state index in [-0.39, 0.29) is 12.4 Å². The molecular weight excluding hydrogens is 412 g/mol. The molecule has 0 saturated heterocycles. The van der Waals surface area contributed by atoms with Gasteiger partial charge in [-0.15, -0.1) is 10.2 Å². The van der Waals surface area contributed by atoms with Gasteiger partial charge in [0.2, 0.25) is 0 Å². The van der Waals surface area contributed by atoms with E-state index in [1.165, 1.54) is 11.8 Å². The van der Waals surface area contributed by atoms with Crippen LogP contribution in [0.1, 0.15) is 21.9 Å². The van der Waals surface area contributed by atoms with E-state index in [2.05, 4.69) is 14.8 Å². The van der Waals surface area contributed by atoms with Crippen molar-refractivity contribution in [1.29, 1.82) is 0 Å². The van der Waals surface area contributed by atoms with Gasteiger partial charge in [-0.05, 0) is 37.3 Å². The number of hydrogen-bond acceptors (Lipinski definition) is 6. The molecule has 0 bridgehead atoms. The smallest absolute Gasteiger partial charge is 0.191 e. The van der Waals surface area contributed by atoms with Gasteiger partial charge in [0.05, 0.1) is 12.9 Å². The summed E-state index contributed by atoms with van der Waals surface area (Å²) in [5, 5.41) is 10.1. The maximum absolute atomic E-state index is 13.0. The van der Waals surface area contributed by atoms with Crippen LogP contribution < -0.4 is 9.47 Å². The van der Waals surface area contributed by atoms with Gasteiger partial charge in [0.25, 0.3) is 0 Å². The van der Waals surface area contributed by atoms with Crippen LogP contribution in [0.2, 0.25) is 0 Å². The van der Waals surface area contributed by atoms with Crippen LogP contribution in [0.5, 0.6) is 11.5 Å². The molecule has 0 aliphatic carbocycles. The van der Waals surface area contributed by atoms with Crippen LogP contribution in [-0.2, 0) is 20.7 Å². The number of ketones is 1. The van der Waals surface area contributed by atoms with Crippen LogP contribution >= 0.6 is 11.8 Å². The molecule has 31 heavy (non-hydrogen) atoms. The summed E-state index contributed by atoms with van der Waals surface area (Å²) in [5.74, 6) is 2.56. The van der Waals surface area contributed by atoms with Gasteiger partial charge in [-0.3, -0.25) is 4.79 Å². The van der Waals surface area contributed by atoms with Gasteiger partial charge >= 0.3 is 0 Å². The van der Waals surface area contributed by atoms with Gasteiger partial charge in [0.1, 0.15) is 18.1 Å². The summed E-state index contributed by atoms with van der Waals surface area (Å²) in [7, 11) is 5.49. The highest BCUT2D eigenvalue weighted by Gasteiger charge is 2.19. The summed E-state index contributed by atoms with van der Waals surface area (Å²) in [4.78, 5) is 13.0. The second-order valence-corrected chi connectivity index (χ2v) is 8.11. The number of Topliss-reactive ketones (excluding diaryl/α,β-unsaturated/α-hetero) is 1. The Morgan fingerprint density at radius 2 is 1.71 bits per heavy atom. The number of ether oxygens (including phenoxy) is 2. The number of thioether (sulfide) groups is 1. The summed E-state index contributed by atoms with van der Waals surface area (Å²) < 4.78 is 14.9. The normalized spacial score (nSPS) is 11.1. The molecular formula is C23H24N4O3S. The Balaban J connectivity index is 1.42. The monoisotopic (exact) mass is 436 g/mol. The molecule has 0 fully saturated rings. The Kier molecular flexibility index (Phi) is 5.99. The van der Waals surface area contributed by atoms with E-state index in [9.17, 15) is 4.79 Å². The number of rotatable bonds is 8. The second kappa shape index (κ2) is 8.85. The van der Waals surface area contributed by atoms with Gasteiger partial charge in [-0.25, -0.2) is 0 Å². The lowest BCUT2D eigenvalue weighted by Crippen LogP contribution is -2.07. The van der Waals surface area contributed by atoms with Crippen molar-refractivity contribution in [2.24, 2.45) is 14.1 Å². The van der Waals surface area contributed by atoms with Crippen molar-refractivity contribution in [2.75, 3.05) is 12.9 Å². The molecule has 0 aliphatic heterocycles. The van der Waals surface area contributed by atoms with Gasteiger partial charge < -0.3 is 18.6 Å². The molecule has 2 aromatic carbocycles. The van der Waals surface area contributed by atoms with Crippen LogP contribution in [0.15, 0.2) is 53.7 Å². The van der Waals surface area contributed by atoms with Crippen molar-refractivity contribution in [2.45, 2.75) is 18.7 Å². The highest BCUT2D eigenvalue weighted by atomic mass is 32.2. The predicted molar refractivity (Wildman–Crippen MR) is 121 cm³/mol. The van der Waals surface area contributed by atoms with Crippen molar-refractivity contribution >= 4 is 28.4 Å². The first-order valence-electron chi connectivity index (χ1n) is 9.84. The molecule has 160 valence electrons. The summed E-state index contributed by atoms with van der Waals surface area (Å²) in [6.07, 6.45) is 0. The van der Waals surface area contributed by atoms with Crippen molar-refractivity contribution < 1.29 is 14.3 Å². The summed E-state index contributed by atoms with van der Waals surface area (Å²) in [5.41, 5.74) is 2.80. The Hall–Kier alpha value is -3.26. The van der Waals surface area contributed by atoms with Crippen LogP contribution in [-0.4, -0.2) is 38.0 Å². The van der Waals surface area contributed by atoms with Crippen molar-refractivity contribution in [3.63, 3.8) is 0 Å². The average molecular weight is 437 g/mol. The molecule has 0 atom stereocenters. The Labute approximate surface area is 185 Å². The minimum absolute atomic E-state index is 0.0818. The number of fused-ring (bicyclic) bond motifs is 1. The number of aromatic nitrogens is 4. The first-order valence-corrected chi connectivity index (χ1v) is 10.8. The van der Waals surface area contributed by atoms with E-state index >= 15 is 0 Å². The Morgan fingerprint density at radius 3 is 2.45 bits per heavy atom. The molecule has 0 N–H and O–H groups in total. The zero-order chi connectivity index (χ0) is 22.0. The predicted octanol–water partition coefficient (Wildman–Crippen LogP) is 4.18. The molecule has 4 aromatic rings. The molecule has 0 amide bonds. The van der Waals surface area contributed by atoms with Crippen LogP contribution in [0.25, 0.3) is 10.9 Å². The maximum atomic E-state index is 13.0. The Morgan fingerprint density at radius 1 is 1.00 bits per heavy atom. The van der Waals surface area contributed by atoms with Crippen LogP contribution in [0.3, 0.4) is 0 Å². The molecule has 0 aliphatic rings. The zero-order valence-corrected chi connectivity index (χ0v) is 18.8. The van der Waals surface area contributed by atoms with Gasteiger partial charge in [0, 0.05) is 36.3 Å². The minimum Gasteiger partial charge on any atom is -0.497 e. The number of aryl methyl sites for hydroxylation is 1. The van der Waals surface area contributed by atoms with Crippen LogP contribution in [0.4, 0.5) is 0 Å². The van der Waals surface area contributed by atoms with Crippen molar-refractivity contribution in [3.05, 3.63) is 65.6 Å². The molecule has 0 unspecified atom stereocenters. The SMILES string of the molecule is COc1ccc(OCc2nnc(SCC(=O)c3c(C)n(C)c4ccccc34)n2C)cc1. The number of benzene rings is 2. The van der Waals surface area contributed by atoms with E-state index in [0.717, 1.165) is 33.7 Å². The van der Waals surface area contributed by atoms with E-state index < -0.39 is 0 Å². The lowest BCUT2D eigenvalue weighted by molar-refractivity contribution is 0.102. The van der Waals surface area contributed by atoms with Gasteiger partial charge in [0.15, 0.2) is 16.8 Å². The van der Waals surface area contributed by atoms with Crippen molar-refractivity contribution in [3.8, 4) is 11.5 Å². The lowest BCUT2D eigenvalue weighted by atomic mass is 10.1. The second-order valence-electron chi connectivity index (χ2n) is 7.17. The van der Waals surface area contributed by atoms with Crippen LogP contribution in [0, 0.1) is 6.92 Å². The van der Waals surface area contributed by atoms with Crippen molar-refractivity contribution in [1.82, 2.24) is 19.3 Å². The fourth-order valence-corrected chi connectivity index (χ4v) is 4.29. The number of para-hydroxylation sites is 1. The largest absolute Gasteiger partial charge is 0.497 e. The first-order chi connectivity index (χ1) is 15.0. The minimum atomic E-state index is 0.0818. The number of nitrogens with zero attached hydrogens (tertiary/aromatic N) is 4. The molecule has 8 heteroatoms. The van der Waals surface area contributed by atoms with Gasteiger partial charge in [-0.2, -0.15) is 0 Å². The highest BCUT2D eigenvalue weighted by Crippen LogP contribution is 2.27. The molecule has 7 nitrogen and oxygen atoms in total. The molecule has 0 radical (unpaired) electrons. The summed E-state index contributed by atoms with van der Waals surface area (Å²) >= 11 is 1.38. The molecule has 2 aromatic heterocycles. The fraction of sp³-hybridized carbons (Fsp3) is 0.261. The zero-order valence-electron chi connectivity index (χ0n) is 18.0. The summed E-state index contributed by atoms with van der Waals surface area (Å²) in [6.45, 7) is 2.27. The summed E-state index contributed by atoms with van der Waals surface area (Å²) in [6, 6.07) is 15.3. The maximum Gasteiger partial charge on any atom is 0.191 e. The highest BCUT2D eigenvalue weighted by molar-refractivity contribution is 7.99. The third-order valence-electron chi connectivity index (χ3n) is 5.36.